The molecule has 5 nitrogen and oxygen atoms in total. The number of hydrogen-bond acceptors (Lipinski definition) is 4. The molecule has 2 unspecified atom stereocenters. The summed E-state index contributed by atoms with van der Waals surface area (Å²) >= 11 is 4.86. The van der Waals surface area contributed by atoms with Gasteiger partial charge in [-0.3, -0.25) is 9.78 Å². The fraction of sp³-hybridized carbons (Fsp3) is 0.500. The molecule has 1 aliphatic rings. The predicted molar refractivity (Wildman–Crippen MR) is 82.7 cm³/mol. The van der Waals surface area contributed by atoms with Crippen molar-refractivity contribution in [3.63, 3.8) is 0 Å². The Bertz CT molecular complexity index is 502. The van der Waals surface area contributed by atoms with Gasteiger partial charge in [0.2, 0.25) is 0 Å². The highest BCUT2D eigenvalue weighted by molar-refractivity contribution is 7.80. The van der Waals surface area contributed by atoms with Crippen LogP contribution in [0.1, 0.15) is 29.4 Å². The Morgan fingerprint density at radius 2 is 2.30 bits per heavy atom. The minimum absolute atomic E-state index is 0.138. The minimum atomic E-state index is -0.138. The topological polar surface area (TPSA) is 71.2 Å². The van der Waals surface area contributed by atoms with E-state index in [-0.39, 0.29) is 16.9 Å². The van der Waals surface area contributed by atoms with Crippen molar-refractivity contribution in [2.75, 3.05) is 20.1 Å². The van der Waals surface area contributed by atoms with Gasteiger partial charge >= 0.3 is 0 Å². The van der Waals surface area contributed by atoms with E-state index in [4.69, 9.17) is 18.0 Å². The van der Waals surface area contributed by atoms with E-state index in [9.17, 15) is 4.79 Å². The lowest BCUT2D eigenvalue weighted by Crippen LogP contribution is -2.49. The van der Waals surface area contributed by atoms with Crippen molar-refractivity contribution in [1.29, 1.82) is 0 Å². The molecule has 1 aromatic heterocycles. The summed E-state index contributed by atoms with van der Waals surface area (Å²) in [6.45, 7) is 4.16. The van der Waals surface area contributed by atoms with Gasteiger partial charge in [0.25, 0.3) is 5.91 Å². The Morgan fingerprint density at radius 1 is 1.55 bits per heavy atom. The second-order valence-corrected chi connectivity index (χ2v) is 5.84. The number of amides is 1. The van der Waals surface area contributed by atoms with E-state index in [1.54, 1.807) is 12.1 Å². The van der Waals surface area contributed by atoms with Gasteiger partial charge in [-0.15, -0.1) is 0 Å². The number of nitrogens with one attached hydrogen (secondary N) is 1. The first-order valence-electron chi connectivity index (χ1n) is 6.72. The lowest BCUT2D eigenvalue weighted by atomic mass is 9.94. The molecule has 0 bridgehead atoms. The molecule has 0 radical (unpaired) electrons. The lowest BCUT2D eigenvalue weighted by molar-refractivity contribution is 0.0879. The number of thiocarbonyl (C=S) groups is 1. The summed E-state index contributed by atoms with van der Waals surface area (Å²) in [4.78, 5) is 18.9. The van der Waals surface area contributed by atoms with Crippen molar-refractivity contribution in [1.82, 2.24) is 15.2 Å². The smallest absolute Gasteiger partial charge is 0.270 e. The van der Waals surface area contributed by atoms with Crippen LogP contribution in [0.5, 0.6) is 0 Å². The Hall–Kier alpha value is -1.53. The molecule has 2 atom stereocenters. The number of nitrogens with zero attached hydrogens (tertiary/aromatic N) is 2. The standard InChI is InChI=1S/C14H20N4OS/c1-9-8-18(2)6-5-11(9)17-14(19)12-4-3-10(7-16-12)13(15)20/h3-4,7,9,11H,5-6,8H2,1-2H3,(H2,15,20)(H,17,19). The molecule has 2 rings (SSSR count). The van der Waals surface area contributed by atoms with Crippen LogP contribution in [-0.4, -0.2) is 47.0 Å². The first kappa shape index (κ1) is 14.9. The van der Waals surface area contributed by atoms with E-state index in [1.807, 2.05) is 0 Å². The van der Waals surface area contributed by atoms with Crippen LogP contribution < -0.4 is 11.1 Å². The fourth-order valence-corrected chi connectivity index (χ4v) is 2.61. The summed E-state index contributed by atoms with van der Waals surface area (Å²) in [5.74, 6) is 0.300. The minimum Gasteiger partial charge on any atom is -0.389 e. The predicted octanol–water partition coefficient (Wildman–Crippen LogP) is 0.786. The first-order valence-corrected chi connectivity index (χ1v) is 7.13. The SMILES string of the molecule is CC1CN(C)CCC1NC(=O)c1ccc(C(N)=S)cn1. The van der Waals surface area contributed by atoms with E-state index in [0.29, 0.717) is 17.2 Å². The number of piperidine rings is 1. The van der Waals surface area contributed by atoms with E-state index < -0.39 is 0 Å². The van der Waals surface area contributed by atoms with E-state index in [0.717, 1.165) is 19.5 Å². The van der Waals surface area contributed by atoms with E-state index >= 15 is 0 Å². The molecule has 1 aliphatic heterocycles. The molecule has 108 valence electrons. The molecule has 0 spiro atoms. The van der Waals surface area contributed by atoms with Gasteiger partial charge in [-0.25, -0.2) is 0 Å². The quantitative estimate of drug-likeness (QED) is 0.806. The average Bonchev–Trinajstić information content (AvgIpc) is 2.42. The maximum atomic E-state index is 12.2. The molecule has 3 N–H and O–H groups in total. The van der Waals surface area contributed by atoms with Crippen LogP contribution in [0.2, 0.25) is 0 Å². The highest BCUT2D eigenvalue weighted by atomic mass is 32.1. The molecule has 1 amide bonds. The summed E-state index contributed by atoms with van der Waals surface area (Å²) in [5, 5.41) is 3.06. The van der Waals surface area contributed by atoms with Crippen LogP contribution >= 0.6 is 12.2 Å². The highest BCUT2D eigenvalue weighted by Crippen LogP contribution is 2.15. The van der Waals surface area contributed by atoms with Crippen LogP contribution in [0.25, 0.3) is 0 Å². The zero-order valence-electron chi connectivity index (χ0n) is 11.8. The summed E-state index contributed by atoms with van der Waals surface area (Å²) in [7, 11) is 2.10. The van der Waals surface area contributed by atoms with Crippen LogP contribution in [0, 0.1) is 5.92 Å². The summed E-state index contributed by atoms with van der Waals surface area (Å²) in [5.41, 5.74) is 6.58. The van der Waals surface area contributed by atoms with Gasteiger partial charge in [-0.1, -0.05) is 19.1 Å². The van der Waals surface area contributed by atoms with Crippen LogP contribution in [0.3, 0.4) is 0 Å². The van der Waals surface area contributed by atoms with E-state index in [2.05, 4.69) is 29.2 Å². The molecule has 1 fully saturated rings. The lowest BCUT2D eigenvalue weighted by Gasteiger charge is -2.35. The van der Waals surface area contributed by atoms with Crippen LogP contribution in [-0.2, 0) is 0 Å². The third-order valence-electron chi connectivity index (χ3n) is 3.71. The van der Waals surface area contributed by atoms with Gasteiger partial charge in [0.1, 0.15) is 10.7 Å². The number of rotatable bonds is 3. The monoisotopic (exact) mass is 292 g/mol. The van der Waals surface area contributed by atoms with Gasteiger partial charge in [-0.05, 0) is 38.1 Å². The number of nitrogens with two attached hydrogens (primary N) is 1. The van der Waals surface area contributed by atoms with Crippen molar-refractivity contribution in [2.24, 2.45) is 11.7 Å². The number of carbonyl (C=O) groups excluding carboxylic acids is 1. The van der Waals surface area contributed by atoms with E-state index in [1.165, 1.54) is 6.20 Å². The molecule has 6 heteroatoms. The van der Waals surface area contributed by atoms with Crippen LogP contribution in [0.15, 0.2) is 18.3 Å². The molecule has 1 aromatic rings. The molecular formula is C14H20N4OS. The maximum Gasteiger partial charge on any atom is 0.270 e. The van der Waals surface area contributed by atoms with Gasteiger partial charge in [0.05, 0.1) is 0 Å². The molecule has 0 aromatic carbocycles. The van der Waals surface area contributed by atoms with Gasteiger partial charge < -0.3 is 16.0 Å². The van der Waals surface area contributed by atoms with Crippen molar-refractivity contribution < 1.29 is 4.79 Å². The molecule has 0 aliphatic carbocycles. The highest BCUT2D eigenvalue weighted by Gasteiger charge is 2.26. The summed E-state index contributed by atoms with van der Waals surface area (Å²) in [6, 6.07) is 3.59. The maximum absolute atomic E-state index is 12.2. The fourth-order valence-electron chi connectivity index (χ4n) is 2.48. The second kappa shape index (κ2) is 6.28. The van der Waals surface area contributed by atoms with Crippen LogP contribution in [0.4, 0.5) is 0 Å². The normalized spacial score (nSPS) is 23.3. The first-order chi connectivity index (χ1) is 9.47. The third-order valence-corrected chi connectivity index (χ3v) is 3.94. The number of carbonyl (C=O) groups is 1. The number of hydrogen-bond donors (Lipinski definition) is 2. The molecular weight excluding hydrogens is 272 g/mol. The molecule has 20 heavy (non-hydrogen) atoms. The zero-order valence-corrected chi connectivity index (χ0v) is 12.6. The van der Waals surface area contributed by atoms with Crippen molar-refractivity contribution in [3.05, 3.63) is 29.6 Å². The average molecular weight is 292 g/mol. The van der Waals surface area contributed by atoms with Crippen molar-refractivity contribution in [3.8, 4) is 0 Å². The second-order valence-electron chi connectivity index (χ2n) is 5.40. The Balaban J connectivity index is 1.99. The largest absolute Gasteiger partial charge is 0.389 e. The Labute approximate surface area is 124 Å². The molecule has 0 saturated carbocycles. The van der Waals surface area contributed by atoms with Crippen molar-refractivity contribution >= 4 is 23.1 Å². The van der Waals surface area contributed by atoms with Crippen molar-refractivity contribution in [2.45, 2.75) is 19.4 Å². The number of pyridine rings is 1. The number of aromatic nitrogens is 1. The summed E-state index contributed by atoms with van der Waals surface area (Å²) < 4.78 is 0. The Morgan fingerprint density at radius 3 is 2.85 bits per heavy atom. The van der Waals surface area contributed by atoms with Gasteiger partial charge in [-0.2, -0.15) is 0 Å². The van der Waals surface area contributed by atoms with Gasteiger partial charge in [0.15, 0.2) is 0 Å². The molecule has 2 heterocycles. The Kier molecular flexibility index (Phi) is 4.67. The molecule has 1 saturated heterocycles. The zero-order chi connectivity index (χ0) is 14.7. The number of likely N-dealkylation sites (tertiary alicyclic amines) is 1. The summed E-state index contributed by atoms with van der Waals surface area (Å²) in [6.07, 6.45) is 2.50. The third kappa shape index (κ3) is 3.52. The van der Waals surface area contributed by atoms with Gasteiger partial charge in [0, 0.05) is 24.3 Å².